The maximum Gasteiger partial charge on any atom is 0.305 e. The number of nitrogens with zero attached hydrogens (tertiary/aromatic N) is 2. The molecule has 0 fully saturated rings. The van der Waals surface area contributed by atoms with E-state index >= 15 is 0 Å². The molecule has 0 spiro atoms. The lowest BCUT2D eigenvalue weighted by Gasteiger charge is -2.05. The fourth-order valence-corrected chi connectivity index (χ4v) is 3.46. The second-order valence-electron chi connectivity index (χ2n) is 5.86. The first-order chi connectivity index (χ1) is 14.0. The van der Waals surface area contributed by atoms with Gasteiger partial charge < -0.3 is 4.42 Å². The highest BCUT2D eigenvalue weighted by atomic mass is 32.1. The van der Waals surface area contributed by atoms with Crippen LogP contribution in [0.4, 0.5) is 5.69 Å². The van der Waals surface area contributed by atoms with Crippen molar-refractivity contribution in [1.29, 1.82) is 0 Å². The maximum atomic E-state index is 12.2. The van der Waals surface area contributed by atoms with Gasteiger partial charge in [0.1, 0.15) is 0 Å². The molecule has 29 heavy (non-hydrogen) atoms. The monoisotopic (exact) mass is 408 g/mol. The molecule has 0 aliphatic rings. The molecule has 0 radical (unpaired) electrons. The van der Waals surface area contributed by atoms with E-state index in [0.717, 1.165) is 10.2 Å². The molecular formula is C19H12N4O5S. The van der Waals surface area contributed by atoms with E-state index in [1.165, 1.54) is 41.7 Å². The molecule has 0 saturated heterocycles. The third kappa shape index (κ3) is 3.82. The first-order valence-corrected chi connectivity index (χ1v) is 9.14. The molecule has 4 aromatic rings. The average Bonchev–Trinajstić information content (AvgIpc) is 3.38. The molecule has 2 aromatic heterocycles. The number of hydrogen-bond donors (Lipinski definition) is 2. The quantitative estimate of drug-likeness (QED) is 0.393. The predicted molar refractivity (Wildman–Crippen MR) is 105 cm³/mol. The second-order valence-corrected chi connectivity index (χ2v) is 6.89. The van der Waals surface area contributed by atoms with E-state index in [9.17, 15) is 19.7 Å². The Morgan fingerprint density at radius 2 is 1.69 bits per heavy atom. The average molecular weight is 408 g/mol. The van der Waals surface area contributed by atoms with Crippen LogP contribution in [-0.2, 0) is 0 Å². The Balaban J connectivity index is 1.41. The van der Waals surface area contributed by atoms with Crippen LogP contribution in [0.15, 0.2) is 65.1 Å². The van der Waals surface area contributed by atoms with E-state index in [-0.39, 0.29) is 17.0 Å². The van der Waals surface area contributed by atoms with Gasteiger partial charge in [-0.3, -0.25) is 30.6 Å². The Morgan fingerprint density at radius 1 is 0.966 bits per heavy atom. The summed E-state index contributed by atoms with van der Waals surface area (Å²) >= 11 is 1.44. The summed E-state index contributed by atoms with van der Waals surface area (Å²) in [7, 11) is 0. The van der Waals surface area contributed by atoms with Crippen molar-refractivity contribution in [1.82, 2.24) is 15.8 Å². The van der Waals surface area contributed by atoms with Gasteiger partial charge in [-0.05, 0) is 36.4 Å². The second kappa shape index (κ2) is 7.52. The number of hydrogen-bond acceptors (Lipinski definition) is 7. The SMILES string of the molecule is O=C(NNC(=O)c1ccc(-c2nc3ccccc3s2)o1)c1ccc([N+](=O)[O-])cc1. The van der Waals surface area contributed by atoms with Crippen LogP contribution < -0.4 is 10.9 Å². The van der Waals surface area contributed by atoms with Crippen molar-refractivity contribution in [3.05, 3.63) is 82.1 Å². The summed E-state index contributed by atoms with van der Waals surface area (Å²) in [6, 6.07) is 15.7. The van der Waals surface area contributed by atoms with Crippen molar-refractivity contribution in [2.24, 2.45) is 0 Å². The van der Waals surface area contributed by atoms with Crippen molar-refractivity contribution in [3.8, 4) is 10.8 Å². The molecule has 4 rings (SSSR count). The summed E-state index contributed by atoms with van der Waals surface area (Å²) in [5.41, 5.74) is 5.34. The number of para-hydroxylation sites is 1. The van der Waals surface area contributed by atoms with Gasteiger partial charge in [0.25, 0.3) is 11.6 Å². The van der Waals surface area contributed by atoms with Gasteiger partial charge in [-0.25, -0.2) is 4.98 Å². The van der Waals surface area contributed by atoms with Crippen LogP contribution >= 0.6 is 11.3 Å². The number of hydrazine groups is 1. The van der Waals surface area contributed by atoms with E-state index < -0.39 is 16.7 Å². The molecule has 2 N–H and O–H groups in total. The number of benzene rings is 2. The van der Waals surface area contributed by atoms with E-state index in [4.69, 9.17) is 4.42 Å². The minimum Gasteiger partial charge on any atom is -0.448 e. The van der Waals surface area contributed by atoms with Crippen LogP contribution in [0.1, 0.15) is 20.9 Å². The van der Waals surface area contributed by atoms with Crippen LogP contribution in [0.5, 0.6) is 0 Å². The number of nitro groups is 1. The number of amides is 2. The number of carbonyl (C=O) groups excluding carboxylic acids is 2. The number of nitrogens with one attached hydrogen (secondary N) is 2. The lowest BCUT2D eigenvalue weighted by molar-refractivity contribution is -0.384. The molecule has 0 aliphatic carbocycles. The third-order valence-corrected chi connectivity index (χ3v) is 5.02. The topological polar surface area (TPSA) is 127 Å². The van der Waals surface area contributed by atoms with Gasteiger partial charge in [0, 0.05) is 17.7 Å². The number of thiazole rings is 1. The summed E-state index contributed by atoms with van der Waals surface area (Å²) < 4.78 is 6.55. The number of nitro benzene ring substituents is 1. The van der Waals surface area contributed by atoms with Crippen LogP contribution in [0.3, 0.4) is 0 Å². The van der Waals surface area contributed by atoms with Crippen molar-refractivity contribution in [2.75, 3.05) is 0 Å². The van der Waals surface area contributed by atoms with Gasteiger partial charge in [0.05, 0.1) is 15.1 Å². The summed E-state index contributed by atoms with van der Waals surface area (Å²) in [5, 5.41) is 11.3. The number of furan rings is 1. The molecule has 2 amide bonds. The van der Waals surface area contributed by atoms with Gasteiger partial charge in [0.15, 0.2) is 16.5 Å². The molecular weight excluding hydrogens is 396 g/mol. The highest BCUT2D eigenvalue weighted by Crippen LogP contribution is 2.31. The summed E-state index contributed by atoms with van der Waals surface area (Å²) in [6.45, 7) is 0. The lowest BCUT2D eigenvalue weighted by atomic mass is 10.2. The predicted octanol–water partition coefficient (Wildman–Crippen LogP) is 3.54. The molecule has 2 heterocycles. The zero-order chi connectivity index (χ0) is 20.4. The zero-order valence-electron chi connectivity index (χ0n) is 14.6. The number of fused-ring (bicyclic) bond motifs is 1. The first-order valence-electron chi connectivity index (χ1n) is 8.32. The fourth-order valence-electron chi connectivity index (χ4n) is 2.53. The number of aromatic nitrogens is 1. The van der Waals surface area contributed by atoms with Crippen molar-refractivity contribution >= 4 is 39.1 Å². The summed E-state index contributed by atoms with van der Waals surface area (Å²) in [5.74, 6) is -0.819. The minimum absolute atomic E-state index is 0.00301. The normalized spacial score (nSPS) is 10.6. The van der Waals surface area contributed by atoms with Gasteiger partial charge in [-0.2, -0.15) is 0 Å². The molecule has 144 valence electrons. The lowest BCUT2D eigenvalue weighted by Crippen LogP contribution is -2.41. The Kier molecular flexibility index (Phi) is 4.75. The van der Waals surface area contributed by atoms with E-state index in [1.54, 1.807) is 6.07 Å². The summed E-state index contributed by atoms with van der Waals surface area (Å²) in [6.07, 6.45) is 0. The molecule has 2 aromatic carbocycles. The van der Waals surface area contributed by atoms with Gasteiger partial charge in [-0.15, -0.1) is 11.3 Å². The maximum absolute atomic E-state index is 12.2. The van der Waals surface area contributed by atoms with E-state index in [0.29, 0.717) is 10.8 Å². The molecule has 0 unspecified atom stereocenters. The Morgan fingerprint density at radius 3 is 2.41 bits per heavy atom. The smallest absolute Gasteiger partial charge is 0.305 e. The largest absolute Gasteiger partial charge is 0.448 e. The van der Waals surface area contributed by atoms with Gasteiger partial charge in [-0.1, -0.05) is 12.1 Å². The first kappa shape index (κ1) is 18.3. The number of rotatable bonds is 4. The molecule has 9 nitrogen and oxygen atoms in total. The third-order valence-electron chi connectivity index (χ3n) is 3.96. The van der Waals surface area contributed by atoms with Gasteiger partial charge in [0.2, 0.25) is 0 Å². The standard InChI is InChI=1S/C19H12N4O5S/c24-17(11-5-7-12(8-6-11)23(26)27)21-22-18(25)14-9-10-15(28-14)19-20-13-3-1-2-4-16(13)29-19/h1-10H,(H,21,24)(H,22,25). The van der Waals surface area contributed by atoms with E-state index in [2.05, 4.69) is 15.8 Å². The van der Waals surface area contributed by atoms with Crippen molar-refractivity contribution in [2.45, 2.75) is 0 Å². The highest BCUT2D eigenvalue weighted by Gasteiger charge is 2.16. The van der Waals surface area contributed by atoms with Crippen LogP contribution in [0.2, 0.25) is 0 Å². The Hall–Kier alpha value is -4.05. The number of non-ortho nitro benzene ring substituents is 1. The Bertz CT molecular complexity index is 1200. The fraction of sp³-hybridized carbons (Fsp3) is 0. The molecule has 0 bridgehead atoms. The molecule has 0 aliphatic heterocycles. The highest BCUT2D eigenvalue weighted by molar-refractivity contribution is 7.21. The van der Waals surface area contributed by atoms with Crippen LogP contribution in [-0.4, -0.2) is 21.7 Å². The molecule has 0 atom stereocenters. The minimum atomic E-state index is -0.646. The molecule has 10 heteroatoms. The van der Waals surface area contributed by atoms with E-state index in [1.807, 2.05) is 24.3 Å². The van der Waals surface area contributed by atoms with Crippen molar-refractivity contribution in [3.63, 3.8) is 0 Å². The molecule has 0 saturated carbocycles. The van der Waals surface area contributed by atoms with Crippen LogP contribution in [0, 0.1) is 10.1 Å². The zero-order valence-corrected chi connectivity index (χ0v) is 15.4. The van der Waals surface area contributed by atoms with Gasteiger partial charge >= 0.3 is 5.91 Å². The van der Waals surface area contributed by atoms with Crippen LogP contribution in [0.25, 0.3) is 21.0 Å². The summed E-state index contributed by atoms with van der Waals surface area (Å²) in [4.78, 5) is 38.8. The Labute approximate surface area is 167 Å². The van der Waals surface area contributed by atoms with Crippen molar-refractivity contribution < 1.29 is 18.9 Å². The number of carbonyl (C=O) groups is 2.